The normalized spacial score (nSPS) is 13.8. The molecule has 0 radical (unpaired) electrons. The van der Waals surface area contributed by atoms with Gasteiger partial charge in [0, 0.05) is 46.1 Å². The molecule has 0 unspecified atom stereocenters. The van der Waals surface area contributed by atoms with Gasteiger partial charge in [-0.3, -0.25) is 4.79 Å². The summed E-state index contributed by atoms with van der Waals surface area (Å²) in [5.74, 6) is 1.12. The van der Waals surface area contributed by atoms with Crippen molar-refractivity contribution in [3.8, 4) is 0 Å². The quantitative estimate of drug-likeness (QED) is 0.292. The highest BCUT2D eigenvalue weighted by molar-refractivity contribution is 5.98. The average Bonchev–Trinajstić information content (AvgIpc) is 3.41. The van der Waals surface area contributed by atoms with Crippen molar-refractivity contribution < 1.29 is 4.79 Å². The maximum atomic E-state index is 12.2. The molecule has 1 amide bonds. The Kier molecular flexibility index (Phi) is 7.63. The summed E-state index contributed by atoms with van der Waals surface area (Å²) in [6.07, 6.45) is 2.24. The first kappa shape index (κ1) is 26.1. The van der Waals surface area contributed by atoms with E-state index >= 15 is 0 Å². The van der Waals surface area contributed by atoms with Crippen LogP contribution in [-0.4, -0.2) is 21.1 Å². The summed E-state index contributed by atoms with van der Waals surface area (Å²) in [5.41, 5.74) is 6.06. The lowest BCUT2D eigenvalue weighted by molar-refractivity contribution is 0.0951. The van der Waals surface area contributed by atoms with Crippen molar-refractivity contribution in [1.29, 1.82) is 0 Å². The standard InChI is InChI=1S/C18H24N2O.C14H19N/c1-11(2)16-9-13-5-6-14(18(21)19-15-7-8-15)10-17(13)20(16)12(3)4;1-10(2)14-9-12-7-5-6-8-13(12)15(14)11(3)4/h5-6,9-12,15H,7-8H2,1-4H3,(H,19,21);5-11H,1-4H3. The van der Waals surface area contributed by atoms with Gasteiger partial charge in [0.25, 0.3) is 5.91 Å². The molecular weight excluding hydrogens is 442 g/mol. The summed E-state index contributed by atoms with van der Waals surface area (Å²) in [6, 6.07) is 20.6. The SMILES string of the molecule is CC(C)c1cc2ccc(C(=O)NC3CC3)cc2n1C(C)C.CC(C)c1cc2ccccc2n1C(C)C. The zero-order valence-corrected chi connectivity index (χ0v) is 23.3. The summed E-state index contributed by atoms with van der Waals surface area (Å²) >= 11 is 0. The van der Waals surface area contributed by atoms with Gasteiger partial charge in [-0.25, -0.2) is 0 Å². The molecule has 4 heteroatoms. The average molecular weight is 486 g/mol. The Hall–Kier alpha value is -3.01. The molecule has 192 valence electrons. The predicted octanol–water partition coefficient (Wildman–Crippen LogP) is 8.58. The van der Waals surface area contributed by atoms with E-state index in [-0.39, 0.29) is 5.91 Å². The zero-order valence-electron chi connectivity index (χ0n) is 23.3. The first-order chi connectivity index (χ1) is 17.1. The van der Waals surface area contributed by atoms with Gasteiger partial charge in [-0.2, -0.15) is 0 Å². The van der Waals surface area contributed by atoms with Gasteiger partial charge in [0.2, 0.25) is 0 Å². The van der Waals surface area contributed by atoms with E-state index in [4.69, 9.17) is 0 Å². The fourth-order valence-electron chi connectivity index (χ4n) is 5.12. The molecule has 1 saturated carbocycles. The van der Waals surface area contributed by atoms with Crippen molar-refractivity contribution in [1.82, 2.24) is 14.5 Å². The highest BCUT2D eigenvalue weighted by atomic mass is 16.1. The van der Waals surface area contributed by atoms with Gasteiger partial charge in [0.1, 0.15) is 0 Å². The molecule has 0 spiro atoms. The van der Waals surface area contributed by atoms with Crippen LogP contribution >= 0.6 is 0 Å². The van der Waals surface area contributed by atoms with Crippen molar-refractivity contribution >= 4 is 27.7 Å². The van der Waals surface area contributed by atoms with Gasteiger partial charge >= 0.3 is 0 Å². The molecule has 1 fully saturated rings. The van der Waals surface area contributed by atoms with Crippen LogP contribution in [0.2, 0.25) is 0 Å². The van der Waals surface area contributed by atoms with Crippen LogP contribution in [0.1, 0.15) is 114 Å². The number of carbonyl (C=O) groups is 1. The molecular formula is C32H43N3O. The fourth-order valence-corrected chi connectivity index (χ4v) is 5.12. The van der Waals surface area contributed by atoms with Crippen LogP contribution in [0.4, 0.5) is 0 Å². The number of benzene rings is 2. The maximum Gasteiger partial charge on any atom is 0.251 e. The third kappa shape index (κ3) is 5.38. The van der Waals surface area contributed by atoms with Crippen LogP contribution in [-0.2, 0) is 0 Å². The molecule has 1 aliphatic carbocycles. The molecule has 2 heterocycles. The Morgan fingerprint density at radius 1 is 0.722 bits per heavy atom. The van der Waals surface area contributed by atoms with E-state index in [0.717, 1.165) is 23.9 Å². The summed E-state index contributed by atoms with van der Waals surface area (Å²) < 4.78 is 4.80. The summed E-state index contributed by atoms with van der Waals surface area (Å²) in [5, 5.41) is 5.64. The van der Waals surface area contributed by atoms with Crippen LogP contribution in [0.15, 0.2) is 54.6 Å². The van der Waals surface area contributed by atoms with E-state index in [9.17, 15) is 4.79 Å². The van der Waals surface area contributed by atoms with Gasteiger partial charge in [0.05, 0.1) is 0 Å². The maximum absolute atomic E-state index is 12.2. The van der Waals surface area contributed by atoms with Crippen molar-refractivity contribution in [2.75, 3.05) is 0 Å². The van der Waals surface area contributed by atoms with Gasteiger partial charge in [-0.05, 0) is 93.5 Å². The highest BCUT2D eigenvalue weighted by Gasteiger charge is 2.24. The van der Waals surface area contributed by atoms with E-state index < -0.39 is 0 Å². The Morgan fingerprint density at radius 2 is 1.25 bits per heavy atom. The van der Waals surface area contributed by atoms with E-state index in [1.165, 1.54) is 27.7 Å². The van der Waals surface area contributed by atoms with E-state index in [2.05, 4.69) is 112 Å². The van der Waals surface area contributed by atoms with Crippen LogP contribution in [0, 0.1) is 0 Å². The largest absolute Gasteiger partial charge is 0.349 e. The van der Waals surface area contributed by atoms with Crippen molar-refractivity contribution in [3.63, 3.8) is 0 Å². The molecule has 0 saturated heterocycles. The monoisotopic (exact) mass is 485 g/mol. The first-order valence-corrected chi connectivity index (χ1v) is 13.6. The molecule has 0 aliphatic heterocycles. The molecule has 5 rings (SSSR count). The number of rotatable bonds is 6. The summed E-state index contributed by atoms with van der Waals surface area (Å²) in [6.45, 7) is 17.8. The number of hydrogen-bond donors (Lipinski definition) is 1. The lowest BCUT2D eigenvalue weighted by atomic mass is 10.1. The molecule has 4 nitrogen and oxygen atoms in total. The van der Waals surface area contributed by atoms with Gasteiger partial charge in [-0.1, -0.05) is 52.0 Å². The third-order valence-corrected chi connectivity index (χ3v) is 7.04. The number of fused-ring (bicyclic) bond motifs is 2. The number of aromatic nitrogens is 2. The predicted molar refractivity (Wildman–Crippen MR) is 153 cm³/mol. The van der Waals surface area contributed by atoms with Gasteiger partial charge in [0.15, 0.2) is 0 Å². The van der Waals surface area contributed by atoms with Crippen LogP contribution in [0.25, 0.3) is 21.8 Å². The number of hydrogen-bond acceptors (Lipinski definition) is 1. The highest BCUT2D eigenvalue weighted by Crippen LogP contribution is 2.30. The minimum absolute atomic E-state index is 0.0574. The van der Waals surface area contributed by atoms with Crippen molar-refractivity contribution in [2.24, 2.45) is 0 Å². The topological polar surface area (TPSA) is 39.0 Å². The van der Waals surface area contributed by atoms with E-state index in [0.29, 0.717) is 30.0 Å². The van der Waals surface area contributed by atoms with Crippen molar-refractivity contribution in [2.45, 2.75) is 98.2 Å². The lowest BCUT2D eigenvalue weighted by Gasteiger charge is -2.17. The Bertz CT molecular complexity index is 1350. The fraction of sp³-hybridized carbons (Fsp3) is 0.469. The lowest BCUT2D eigenvalue weighted by Crippen LogP contribution is -2.25. The number of carbonyl (C=O) groups excluding carboxylic acids is 1. The first-order valence-electron chi connectivity index (χ1n) is 13.6. The Morgan fingerprint density at radius 3 is 1.78 bits per heavy atom. The molecule has 0 atom stereocenters. The van der Waals surface area contributed by atoms with Crippen LogP contribution < -0.4 is 5.32 Å². The number of nitrogens with one attached hydrogen (secondary N) is 1. The minimum Gasteiger partial charge on any atom is -0.349 e. The summed E-state index contributed by atoms with van der Waals surface area (Å²) in [7, 11) is 0. The third-order valence-electron chi connectivity index (χ3n) is 7.04. The second kappa shape index (κ2) is 10.5. The molecule has 1 N–H and O–H groups in total. The Balaban J connectivity index is 0.000000179. The molecule has 4 aromatic rings. The van der Waals surface area contributed by atoms with E-state index in [1.807, 2.05) is 12.1 Å². The van der Waals surface area contributed by atoms with E-state index in [1.54, 1.807) is 0 Å². The molecule has 2 aromatic heterocycles. The molecule has 36 heavy (non-hydrogen) atoms. The Labute approximate surface area is 216 Å². The zero-order chi connectivity index (χ0) is 26.1. The summed E-state index contributed by atoms with van der Waals surface area (Å²) in [4.78, 5) is 12.2. The molecule has 0 bridgehead atoms. The second-order valence-electron chi connectivity index (χ2n) is 11.5. The number of nitrogens with zero attached hydrogens (tertiary/aromatic N) is 2. The molecule has 1 aliphatic rings. The number of amides is 1. The van der Waals surface area contributed by atoms with Gasteiger partial charge in [-0.15, -0.1) is 0 Å². The van der Waals surface area contributed by atoms with Crippen LogP contribution in [0.3, 0.4) is 0 Å². The second-order valence-corrected chi connectivity index (χ2v) is 11.5. The molecule has 2 aromatic carbocycles. The smallest absolute Gasteiger partial charge is 0.251 e. The van der Waals surface area contributed by atoms with Crippen molar-refractivity contribution in [3.05, 3.63) is 71.5 Å². The van der Waals surface area contributed by atoms with Gasteiger partial charge < -0.3 is 14.5 Å². The minimum atomic E-state index is 0.0574. The van der Waals surface area contributed by atoms with Crippen LogP contribution in [0.5, 0.6) is 0 Å². The number of para-hydroxylation sites is 1.